The van der Waals surface area contributed by atoms with Gasteiger partial charge in [0.25, 0.3) is 0 Å². The highest BCUT2D eigenvalue weighted by atomic mass is 35.5. The molecule has 0 spiro atoms. The molecule has 0 radical (unpaired) electrons. The highest BCUT2D eigenvalue weighted by molar-refractivity contribution is 6.30. The maximum absolute atomic E-state index is 10.1. The van der Waals surface area contributed by atoms with Gasteiger partial charge < -0.3 is 20.5 Å². The molecule has 3 unspecified atom stereocenters. The molecule has 0 aliphatic carbocycles. The van der Waals surface area contributed by atoms with E-state index < -0.39 is 6.10 Å². The topological polar surface area (TPSA) is 104 Å². The Kier molecular flexibility index (Phi) is 6.24. The van der Waals surface area contributed by atoms with Crippen molar-refractivity contribution in [1.82, 2.24) is 20.1 Å². The number of aromatic amines is 1. The summed E-state index contributed by atoms with van der Waals surface area (Å²) in [6.45, 7) is 4.96. The summed E-state index contributed by atoms with van der Waals surface area (Å²) in [7, 11) is 0. The Morgan fingerprint density at radius 3 is 2.62 bits per heavy atom. The van der Waals surface area contributed by atoms with Crippen molar-refractivity contribution < 1.29 is 9.84 Å². The van der Waals surface area contributed by atoms with Gasteiger partial charge in [-0.25, -0.2) is 0 Å². The molecule has 0 amide bonds. The van der Waals surface area contributed by atoms with Gasteiger partial charge in [0.2, 0.25) is 11.9 Å². The van der Waals surface area contributed by atoms with Crippen molar-refractivity contribution in [3.63, 3.8) is 0 Å². The van der Waals surface area contributed by atoms with Crippen molar-refractivity contribution in [2.24, 2.45) is 0 Å². The Morgan fingerprint density at radius 1 is 1.28 bits per heavy atom. The number of piperidine rings is 1. The van der Waals surface area contributed by atoms with Crippen LogP contribution in [-0.4, -0.2) is 75.7 Å². The monoisotopic (exact) mass is 420 g/mol. The Balaban J connectivity index is 1.44. The zero-order chi connectivity index (χ0) is 20.4. The van der Waals surface area contributed by atoms with Gasteiger partial charge in [-0.1, -0.05) is 23.7 Å². The van der Waals surface area contributed by atoms with Gasteiger partial charge in [-0.05, 0) is 43.9 Å². The predicted molar refractivity (Wildman–Crippen MR) is 113 cm³/mol. The summed E-state index contributed by atoms with van der Waals surface area (Å²) in [5.41, 5.74) is 6.91. The summed E-state index contributed by atoms with van der Waals surface area (Å²) in [4.78, 5) is 7.75. The standard InChI is InChI=1S/C20H29ClN6O2/c1-13(28)18-11-27(17(12-29-18)10-14-2-4-15(21)5-3-14)16-6-8-26(9-7-16)20-23-19(22)24-25-20/h2-5,13,16-18,28H,6-12H2,1H3,(H3,22,23,24,25). The molecule has 2 fully saturated rings. The zero-order valence-electron chi connectivity index (χ0n) is 16.7. The second-order valence-electron chi connectivity index (χ2n) is 8.05. The van der Waals surface area contributed by atoms with Gasteiger partial charge in [0, 0.05) is 36.7 Å². The van der Waals surface area contributed by atoms with Gasteiger partial charge in [-0.15, -0.1) is 10.2 Å². The van der Waals surface area contributed by atoms with E-state index in [0.29, 0.717) is 18.6 Å². The molecule has 2 aliphatic heterocycles. The fourth-order valence-corrected chi connectivity index (χ4v) is 4.49. The van der Waals surface area contributed by atoms with Crippen LogP contribution in [-0.2, 0) is 11.2 Å². The molecule has 29 heavy (non-hydrogen) atoms. The van der Waals surface area contributed by atoms with Crippen LogP contribution in [0.5, 0.6) is 0 Å². The van der Waals surface area contributed by atoms with Crippen LogP contribution in [0.15, 0.2) is 24.3 Å². The molecule has 1 aromatic carbocycles. The van der Waals surface area contributed by atoms with Crippen molar-refractivity contribution in [3.05, 3.63) is 34.9 Å². The van der Waals surface area contributed by atoms with E-state index in [9.17, 15) is 5.11 Å². The van der Waals surface area contributed by atoms with Crippen molar-refractivity contribution in [1.29, 1.82) is 0 Å². The molecule has 4 N–H and O–H groups in total. The number of nitrogens with two attached hydrogens (primary N) is 1. The maximum atomic E-state index is 10.1. The number of anilines is 2. The Labute approximate surface area is 176 Å². The second kappa shape index (κ2) is 8.87. The molecule has 0 bridgehead atoms. The van der Waals surface area contributed by atoms with Gasteiger partial charge in [0.05, 0.1) is 18.8 Å². The summed E-state index contributed by atoms with van der Waals surface area (Å²) in [6.07, 6.45) is 2.31. The van der Waals surface area contributed by atoms with Crippen LogP contribution < -0.4 is 10.6 Å². The number of benzene rings is 1. The molecular formula is C20H29ClN6O2. The molecule has 2 saturated heterocycles. The third-order valence-electron chi connectivity index (χ3n) is 6.01. The molecule has 0 saturated carbocycles. The minimum absolute atomic E-state index is 0.149. The number of ether oxygens (including phenoxy) is 1. The SMILES string of the molecule is CC(O)C1CN(C2CCN(c3nnc(N)[nH]3)CC2)C(Cc2ccc(Cl)cc2)CO1. The molecule has 3 heterocycles. The van der Waals surface area contributed by atoms with E-state index >= 15 is 0 Å². The molecular weight excluding hydrogens is 392 g/mol. The highest BCUT2D eigenvalue weighted by Gasteiger charge is 2.37. The average Bonchev–Trinajstić information content (AvgIpc) is 3.16. The minimum atomic E-state index is -0.480. The summed E-state index contributed by atoms with van der Waals surface area (Å²) in [6, 6.07) is 8.75. The number of aliphatic hydroxyl groups excluding tert-OH is 1. The van der Waals surface area contributed by atoms with Gasteiger partial charge in [0.15, 0.2) is 0 Å². The van der Waals surface area contributed by atoms with Crippen molar-refractivity contribution in [2.45, 2.75) is 50.5 Å². The van der Waals surface area contributed by atoms with Crippen LogP contribution in [0.25, 0.3) is 0 Å². The van der Waals surface area contributed by atoms with E-state index in [4.69, 9.17) is 22.1 Å². The van der Waals surface area contributed by atoms with Gasteiger partial charge >= 0.3 is 0 Å². The number of morpholine rings is 1. The lowest BCUT2D eigenvalue weighted by atomic mass is 9.95. The molecule has 9 heteroatoms. The largest absolute Gasteiger partial charge is 0.391 e. The minimum Gasteiger partial charge on any atom is -0.391 e. The molecule has 4 rings (SSSR count). The lowest BCUT2D eigenvalue weighted by Gasteiger charge is -2.47. The van der Waals surface area contributed by atoms with Crippen molar-refractivity contribution in [3.8, 4) is 0 Å². The maximum Gasteiger partial charge on any atom is 0.226 e. The van der Waals surface area contributed by atoms with Crippen LogP contribution in [0.2, 0.25) is 5.02 Å². The summed E-state index contributed by atoms with van der Waals surface area (Å²) in [5, 5.41) is 18.8. The Morgan fingerprint density at radius 2 is 2.00 bits per heavy atom. The Bertz CT molecular complexity index is 791. The lowest BCUT2D eigenvalue weighted by Crippen LogP contribution is -2.59. The first kappa shape index (κ1) is 20.4. The van der Waals surface area contributed by atoms with E-state index in [1.165, 1.54) is 5.56 Å². The first-order valence-corrected chi connectivity index (χ1v) is 10.6. The lowest BCUT2D eigenvalue weighted by molar-refractivity contribution is -0.120. The van der Waals surface area contributed by atoms with Crippen LogP contribution in [0.1, 0.15) is 25.3 Å². The normalized spacial score (nSPS) is 25.3. The van der Waals surface area contributed by atoms with Gasteiger partial charge in [-0.3, -0.25) is 9.88 Å². The molecule has 8 nitrogen and oxygen atoms in total. The number of H-pyrrole nitrogens is 1. The number of nitrogen functional groups attached to an aromatic ring is 1. The number of aliphatic hydroxyl groups is 1. The molecule has 2 aromatic rings. The fourth-order valence-electron chi connectivity index (χ4n) is 4.37. The number of aromatic nitrogens is 3. The number of nitrogens with one attached hydrogen (secondary N) is 1. The van der Waals surface area contributed by atoms with Crippen molar-refractivity contribution >= 4 is 23.5 Å². The average molecular weight is 421 g/mol. The fraction of sp³-hybridized carbons (Fsp3) is 0.600. The number of hydrogen-bond donors (Lipinski definition) is 3. The molecule has 158 valence electrons. The van der Waals surface area contributed by atoms with E-state index in [2.05, 4.69) is 37.1 Å². The first-order chi connectivity index (χ1) is 14.0. The van der Waals surface area contributed by atoms with Crippen LogP contribution >= 0.6 is 11.6 Å². The number of nitrogens with zero attached hydrogens (tertiary/aromatic N) is 4. The first-order valence-electron chi connectivity index (χ1n) is 10.2. The quantitative estimate of drug-likeness (QED) is 0.676. The van der Waals surface area contributed by atoms with Crippen LogP contribution in [0, 0.1) is 0 Å². The highest BCUT2D eigenvalue weighted by Crippen LogP contribution is 2.27. The van der Waals surface area contributed by atoms with E-state index in [1.807, 2.05) is 12.1 Å². The Hall–Kier alpha value is -1.87. The molecule has 1 aromatic heterocycles. The second-order valence-corrected chi connectivity index (χ2v) is 8.48. The number of hydrogen-bond acceptors (Lipinski definition) is 7. The zero-order valence-corrected chi connectivity index (χ0v) is 17.4. The summed E-state index contributed by atoms with van der Waals surface area (Å²) >= 11 is 6.04. The number of rotatable bonds is 5. The van der Waals surface area contributed by atoms with E-state index in [0.717, 1.165) is 49.9 Å². The smallest absolute Gasteiger partial charge is 0.226 e. The third kappa shape index (κ3) is 4.83. The predicted octanol–water partition coefficient (Wildman–Crippen LogP) is 1.70. The van der Waals surface area contributed by atoms with Crippen LogP contribution in [0.3, 0.4) is 0 Å². The number of halogens is 1. The third-order valence-corrected chi connectivity index (χ3v) is 6.26. The van der Waals surface area contributed by atoms with Crippen molar-refractivity contribution in [2.75, 3.05) is 36.9 Å². The van der Waals surface area contributed by atoms with E-state index in [1.54, 1.807) is 6.92 Å². The van der Waals surface area contributed by atoms with Gasteiger partial charge in [-0.2, -0.15) is 0 Å². The summed E-state index contributed by atoms with van der Waals surface area (Å²) in [5.74, 6) is 1.08. The van der Waals surface area contributed by atoms with Gasteiger partial charge in [0.1, 0.15) is 0 Å². The van der Waals surface area contributed by atoms with E-state index in [-0.39, 0.29) is 12.1 Å². The van der Waals surface area contributed by atoms with Crippen LogP contribution in [0.4, 0.5) is 11.9 Å². The summed E-state index contributed by atoms with van der Waals surface area (Å²) < 4.78 is 6.00. The molecule has 3 atom stereocenters. The molecule has 2 aliphatic rings.